The summed E-state index contributed by atoms with van der Waals surface area (Å²) in [4.78, 5) is 29.7. The molecule has 0 aromatic heterocycles. The van der Waals surface area contributed by atoms with E-state index in [4.69, 9.17) is 0 Å². The zero-order valence-electron chi connectivity index (χ0n) is 17.5. The number of sulfone groups is 1. The van der Waals surface area contributed by atoms with E-state index in [1.807, 2.05) is 36.4 Å². The zero-order chi connectivity index (χ0) is 22.0. The molecule has 0 spiro atoms. The predicted octanol–water partition coefficient (Wildman–Crippen LogP) is 2.76. The van der Waals surface area contributed by atoms with Crippen LogP contribution in [0.2, 0.25) is 0 Å². The van der Waals surface area contributed by atoms with Gasteiger partial charge in [0.2, 0.25) is 5.91 Å². The Balaban J connectivity index is 1.54. The normalized spacial score (nSPS) is 17.3. The minimum Gasteiger partial charge on any atom is -0.337 e. The maximum absolute atomic E-state index is 13.4. The van der Waals surface area contributed by atoms with Crippen molar-refractivity contribution in [3.8, 4) is 0 Å². The van der Waals surface area contributed by atoms with Crippen LogP contribution in [0.15, 0.2) is 60.7 Å². The molecule has 6 nitrogen and oxygen atoms in total. The van der Waals surface area contributed by atoms with Gasteiger partial charge < -0.3 is 9.80 Å². The first-order valence-corrected chi connectivity index (χ1v) is 12.5. The first-order chi connectivity index (χ1) is 14.8. The summed E-state index contributed by atoms with van der Waals surface area (Å²) in [6.45, 7) is 1.32. The first kappa shape index (κ1) is 21.3. The monoisotopic (exact) mass is 438 g/mol. The van der Waals surface area contributed by atoms with Crippen molar-refractivity contribution in [2.24, 2.45) is 0 Å². The summed E-state index contributed by atoms with van der Waals surface area (Å²) in [5, 5.41) is 0. The minimum atomic E-state index is -3.26. The molecule has 4 rings (SSSR count). The lowest BCUT2D eigenvalue weighted by Crippen LogP contribution is -2.50. The SMILES string of the molecule is CS(=O)(=O)CCC(C(=O)N1CC=C(c2ccccc2)CC1)N1Cc2ccccc2C1=O. The van der Waals surface area contributed by atoms with Crippen molar-refractivity contribution >= 4 is 27.2 Å². The van der Waals surface area contributed by atoms with Crippen molar-refractivity contribution in [3.05, 3.63) is 77.4 Å². The largest absolute Gasteiger partial charge is 0.337 e. The van der Waals surface area contributed by atoms with Gasteiger partial charge in [-0.2, -0.15) is 0 Å². The Labute approximate surface area is 183 Å². The van der Waals surface area contributed by atoms with E-state index in [9.17, 15) is 18.0 Å². The molecule has 1 unspecified atom stereocenters. The third kappa shape index (κ3) is 4.71. The third-order valence-corrected chi connectivity index (χ3v) is 6.92. The average molecular weight is 439 g/mol. The van der Waals surface area contributed by atoms with E-state index in [1.54, 1.807) is 17.0 Å². The van der Waals surface area contributed by atoms with E-state index in [2.05, 4.69) is 12.1 Å². The van der Waals surface area contributed by atoms with Crippen LogP contribution in [0.4, 0.5) is 0 Å². The van der Waals surface area contributed by atoms with Gasteiger partial charge in [-0.15, -0.1) is 0 Å². The van der Waals surface area contributed by atoms with Gasteiger partial charge in [-0.25, -0.2) is 8.42 Å². The number of benzene rings is 2. The number of nitrogens with zero attached hydrogens (tertiary/aromatic N) is 2. The summed E-state index contributed by atoms with van der Waals surface area (Å²) < 4.78 is 23.6. The Bertz CT molecular complexity index is 1130. The highest BCUT2D eigenvalue weighted by atomic mass is 32.2. The highest BCUT2D eigenvalue weighted by molar-refractivity contribution is 7.90. The molecule has 0 N–H and O–H groups in total. The molecule has 0 saturated heterocycles. The molecule has 0 radical (unpaired) electrons. The summed E-state index contributed by atoms with van der Waals surface area (Å²) in [6, 6.07) is 16.6. The number of amides is 2. The Kier molecular flexibility index (Phi) is 5.96. The number of hydrogen-bond donors (Lipinski definition) is 0. The number of carbonyl (C=O) groups excluding carboxylic acids is 2. The second-order valence-electron chi connectivity index (χ2n) is 8.15. The lowest BCUT2D eigenvalue weighted by Gasteiger charge is -2.34. The number of hydrogen-bond acceptors (Lipinski definition) is 4. The fourth-order valence-corrected chi connectivity index (χ4v) is 4.91. The lowest BCUT2D eigenvalue weighted by molar-refractivity contribution is -0.135. The second-order valence-corrected chi connectivity index (χ2v) is 10.4. The van der Waals surface area contributed by atoms with Crippen LogP contribution < -0.4 is 0 Å². The molecule has 0 bridgehead atoms. The van der Waals surface area contributed by atoms with Gasteiger partial charge in [-0.05, 0) is 35.6 Å². The van der Waals surface area contributed by atoms with Gasteiger partial charge in [0.25, 0.3) is 5.91 Å². The van der Waals surface area contributed by atoms with Crippen molar-refractivity contribution < 1.29 is 18.0 Å². The molecule has 7 heteroatoms. The molecule has 31 heavy (non-hydrogen) atoms. The number of rotatable bonds is 6. The molecule has 2 aliphatic rings. The van der Waals surface area contributed by atoms with Crippen LogP contribution in [0.5, 0.6) is 0 Å². The molecule has 0 aliphatic carbocycles. The third-order valence-electron chi connectivity index (χ3n) is 5.94. The number of carbonyl (C=O) groups is 2. The molecule has 1 atom stereocenters. The highest BCUT2D eigenvalue weighted by Crippen LogP contribution is 2.28. The van der Waals surface area contributed by atoms with Crippen LogP contribution in [0.25, 0.3) is 5.57 Å². The van der Waals surface area contributed by atoms with E-state index in [1.165, 1.54) is 10.5 Å². The Morgan fingerprint density at radius 1 is 1.06 bits per heavy atom. The summed E-state index contributed by atoms with van der Waals surface area (Å²) in [5.41, 5.74) is 3.80. The van der Waals surface area contributed by atoms with E-state index in [-0.39, 0.29) is 24.0 Å². The number of fused-ring (bicyclic) bond motifs is 1. The smallest absolute Gasteiger partial charge is 0.255 e. The van der Waals surface area contributed by atoms with Crippen LogP contribution in [0.3, 0.4) is 0 Å². The van der Waals surface area contributed by atoms with Crippen LogP contribution in [-0.4, -0.2) is 61.2 Å². The molecule has 2 aliphatic heterocycles. The molecule has 2 aromatic rings. The van der Waals surface area contributed by atoms with E-state index in [0.29, 0.717) is 25.2 Å². The van der Waals surface area contributed by atoms with Crippen LogP contribution in [0.1, 0.15) is 34.3 Å². The van der Waals surface area contributed by atoms with Crippen molar-refractivity contribution in [1.29, 1.82) is 0 Å². The van der Waals surface area contributed by atoms with Crippen molar-refractivity contribution in [1.82, 2.24) is 9.80 Å². The average Bonchev–Trinajstić information content (AvgIpc) is 3.10. The lowest BCUT2D eigenvalue weighted by atomic mass is 9.99. The molecule has 2 aromatic carbocycles. The van der Waals surface area contributed by atoms with Gasteiger partial charge in [0, 0.05) is 31.5 Å². The fraction of sp³-hybridized carbons (Fsp3) is 0.333. The van der Waals surface area contributed by atoms with Crippen molar-refractivity contribution in [2.45, 2.75) is 25.4 Å². The topological polar surface area (TPSA) is 74.8 Å². The molecule has 0 fully saturated rings. The standard InChI is InChI=1S/C24H26N2O4S/c1-31(29,30)16-13-22(26-17-20-9-5-6-10-21(20)23(26)27)24(28)25-14-11-19(12-15-25)18-7-3-2-4-8-18/h2-11,22H,12-17H2,1H3. The van der Waals surface area contributed by atoms with Gasteiger partial charge in [0.05, 0.1) is 5.75 Å². The van der Waals surface area contributed by atoms with Gasteiger partial charge in [0.1, 0.15) is 15.9 Å². The Morgan fingerprint density at radius 2 is 1.77 bits per heavy atom. The highest BCUT2D eigenvalue weighted by Gasteiger charge is 2.38. The predicted molar refractivity (Wildman–Crippen MR) is 120 cm³/mol. The summed E-state index contributed by atoms with van der Waals surface area (Å²) in [6.07, 6.45) is 4.03. The van der Waals surface area contributed by atoms with Gasteiger partial charge in [-0.1, -0.05) is 54.6 Å². The maximum Gasteiger partial charge on any atom is 0.255 e. The molecular weight excluding hydrogens is 412 g/mol. The van der Waals surface area contributed by atoms with Crippen molar-refractivity contribution in [2.75, 3.05) is 25.1 Å². The Hall–Kier alpha value is -2.93. The second kappa shape index (κ2) is 8.67. The summed E-state index contributed by atoms with van der Waals surface area (Å²) in [5.74, 6) is -0.532. The van der Waals surface area contributed by atoms with E-state index < -0.39 is 15.9 Å². The van der Waals surface area contributed by atoms with Crippen molar-refractivity contribution in [3.63, 3.8) is 0 Å². The van der Waals surface area contributed by atoms with Crippen LogP contribution in [-0.2, 0) is 21.2 Å². The summed E-state index contributed by atoms with van der Waals surface area (Å²) in [7, 11) is -3.26. The summed E-state index contributed by atoms with van der Waals surface area (Å²) >= 11 is 0. The molecule has 2 amide bonds. The zero-order valence-corrected chi connectivity index (χ0v) is 18.3. The fourth-order valence-electron chi connectivity index (χ4n) is 4.26. The Morgan fingerprint density at radius 3 is 2.42 bits per heavy atom. The van der Waals surface area contributed by atoms with Gasteiger partial charge >= 0.3 is 0 Å². The molecule has 0 saturated carbocycles. The minimum absolute atomic E-state index is 0.100. The van der Waals surface area contributed by atoms with E-state index >= 15 is 0 Å². The first-order valence-electron chi connectivity index (χ1n) is 10.4. The van der Waals surface area contributed by atoms with Crippen LogP contribution in [0, 0.1) is 0 Å². The maximum atomic E-state index is 13.4. The quantitative estimate of drug-likeness (QED) is 0.695. The molecular formula is C24H26N2O4S. The van der Waals surface area contributed by atoms with E-state index in [0.717, 1.165) is 23.8 Å². The van der Waals surface area contributed by atoms with Gasteiger partial charge in [-0.3, -0.25) is 9.59 Å². The van der Waals surface area contributed by atoms with Gasteiger partial charge in [0.15, 0.2) is 0 Å². The molecule has 162 valence electrons. The molecule has 2 heterocycles. The van der Waals surface area contributed by atoms with Crippen LogP contribution >= 0.6 is 0 Å².